The number of aromatic nitrogens is 2. The Morgan fingerprint density at radius 1 is 1.25 bits per heavy atom. The van der Waals surface area contributed by atoms with Gasteiger partial charge in [0, 0.05) is 5.56 Å². The second-order valence-electron chi connectivity index (χ2n) is 4.45. The Balaban J connectivity index is 1.58. The highest BCUT2D eigenvalue weighted by molar-refractivity contribution is 5.83. The molecule has 0 bridgehead atoms. The van der Waals surface area contributed by atoms with Gasteiger partial charge in [0.2, 0.25) is 5.82 Å². The molecule has 0 atom stereocenters. The Kier molecular flexibility index (Phi) is 4.80. The molecule has 0 aliphatic heterocycles. The van der Waals surface area contributed by atoms with Crippen LogP contribution in [0, 0.1) is 0 Å². The number of alkyl halides is 2. The zero-order valence-corrected chi connectivity index (χ0v) is 12.1. The van der Waals surface area contributed by atoms with Crippen LogP contribution in [0.1, 0.15) is 11.5 Å². The van der Waals surface area contributed by atoms with E-state index in [1.165, 1.54) is 24.8 Å². The number of ether oxygens (including phenoxy) is 1. The van der Waals surface area contributed by atoms with Gasteiger partial charge < -0.3 is 18.5 Å². The summed E-state index contributed by atoms with van der Waals surface area (Å²) in [4.78, 5) is 9.11. The molecule has 9 heteroatoms. The maximum Gasteiger partial charge on any atom is 0.387 e. The van der Waals surface area contributed by atoms with Crippen LogP contribution in [0.4, 0.5) is 8.78 Å². The summed E-state index contributed by atoms with van der Waals surface area (Å²) in [6.45, 7) is -2.99. The monoisotopic (exact) mass is 335 g/mol. The van der Waals surface area contributed by atoms with E-state index in [0.717, 1.165) is 0 Å². The Morgan fingerprint density at radius 3 is 2.92 bits per heavy atom. The second-order valence-corrected chi connectivity index (χ2v) is 4.45. The van der Waals surface area contributed by atoms with E-state index >= 15 is 0 Å². The molecular formula is C15H11F2N3O4. The van der Waals surface area contributed by atoms with Gasteiger partial charge in [-0.15, -0.1) is 0 Å². The molecule has 1 aromatic carbocycles. The van der Waals surface area contributed by atoms with Crippen molar-refractivity contribution in [1.29, 1.82) is 0 Å². The number of halogens is 2. The van der Waals surface area contributed by atoms with Gasteiger partial charge in [0.25, 0.3) is 5.89 Å². The van der Waals surface area contributed by atoms with E-state index in [1.54, 1.807) is 24.3 Å². The Morgan fingerprint density at radius 2 is 2.12 bits per heavy atom. The van der Waals surface area contributed by atoms with Crippen LogP contribution in [0.5, 0.6) is 5.75 Å². The number of hydrogen-bond donors (Lipinski definition) is 0. The van der Waals surface area contributed by atoms with Gasteiger partial charge in [0.1, 0.15) is 12.0 Å². The molecular weight excluding hydrogens is 324 g/mol. The second kappa shape index (κ2) is 7.36. The molecule has 0 unspecified atom stereocenters. The molecule has 7 nitrogen and oxygen atoms in total. The summed E-state index contributed by atoms with van der Waals surface area (Å²) in [5.74, 6) is 0.572. The van der Waals surface area contributed by atoms with Crippen molar-refractivity contribution in [2.75, 3.05) is 0 Å². The number of benzene rings is 1. The van der Waals surface area contributed by atoms with Crippen LogP contribution in [0.25, 0.3) is 11.4 Å². The number of rotatable bonds is 7. The van der Waals surface area contributed by atoms with Gasteiger partial charge in [0.05, 0.1) is 18.0 Å². The normalized spacial score (nSPS) is 11.3. The summed E-state index contributed by atoms with van der Waals surface area (Å²) in [5, 5.41) is 7.44. The lowest BCUT2D eigenvalue weighted by Crippen LogP contribution is -2.04. The SMILES string of the molecule is FC(F)Oc1ccccc1/C=N/OCc1nc(-c2ccoc2)no1. The fraction of sp³-hybridized carbons (Fsp3) is 0.133. The topological polar surface area (TPSA) is 82.9 Å². The van der Waals surface area contributed by atoms with Crippen LogP contribution in [0.3, 0.4) is 0 Å². The molecule has 124 valence electrons. The molecule has 0 saturated heterocycles. The van der Waals surface area contributed by atoms with E-state index in [-0.39, 0.29) is 18.2 Å². The predicted molar refractivity (Wildman–Crippen MR) is 77.5 cm³/mol. The van der Waals surface area contributed by atoms with Gasteiger partial charge >= 0.3 is 6.61 Å². The standard InChI is InChI=1S/C15H11F2N3O4/c16-15(17)23-12-4-2-1-3-10(12)7-18-22-9-13-19-14(20-24-13)11-5-6-21-8-11/h1-8,15H,9H2/b18-7+. The Hall–Kier alpha value is -3.23. The van der Waals surface area contributed by atoms with E-state index in [1.807, 2.05) is 0 Å². The number of nitrogens with zero attached hydrogens (tertiary/aromatic N) is 3. The minimum absolute atomic E-state index is 0.000107. The van der Waals surface area contributed by atoms with Crippen molar-refractivity contribution < 1.29 is 27.3 Å². The minimum atomic E-state index is -2.92. The van der Waals surface area contributed by atoms with Crippen LogP contribution >= 0.6 is 0 Å². The summed E-state index contributed by atoms with van der Waals surface area (Å²) in [6.07, 6.45) is 4.23. The van der Waals surface area contributed by atoms with E-state index in [4.69, 9.17) is 13.8 Å². The first-order chi connectivity index (χ1) is 11.7. The van der Waals surface area contributed by atoms with Crippen LogP contribution in [-0.2, 0) is 11.4 Å². The zero-order chi connectivity index (χ0) is 16.8. The van der Waals surface area contributed by atoms with Gasteiger partial charge in [-0.2, -0.15) is 13.8 Å². The van der Waals surface area contributed by atoms with Gasteiger partial charge in [0.15, 0.2) is 6.61 Å². The van der Waals surface area contributed by atoms with Crippen LogP contribution < -0.4 is 4.74 Å². The minimum Gasteiger partial charge on any atom is -0.472 e. The summed E-state index contributed by atoms with van der Waals surface area (Å²) < 4.78 is 38.9. The molecule has 0 spiro atoms. The summed E-state index contributed by atoms with van der Waals surface area (Å²) in [6, 6.07) is 7.89. The highest BCUT2D eigenvalue weighted by atomic mass is 19.3. The molecule has 2 aromatic heterocycles. The maximum absolute atomic E-state index is 12.3. The predicted octanol–water partition coefficient (Wildman–Crippen LogP) is 3.48. The largest absolute Gasteiger partial charge is 0.472 e. The van der Waals surface area contributed by atoms with E-state index in [9.17, 15) is 8.78 Å². The van der Waals surface area contributed by atoms with E-state index in [0.29, 0.717) is 17.0 Å². The third-order valence-electron chi connectivity index (χ3n) is 2.84. The van der Waals surface area contributed by atoms with Crippen molar-refractivity contribution in [2.24, 2.45) is 5.16 Å². The summed E-state index contributed by atoms with van der Waals surface area (Å²) in [5.41, 5.74) is 1.02. The average molecular weight is 335 g/mol. The lowest BCUT2D eigenvalue weighted by Gasteiger charge is -2.06. The van der Waals surface area contributed by atoms with Crippen LogP contribution in [0.2, 0.25) is 0 Å². The van der Waals surface area contributed by atoms with Crippen molar-refractivity contribution in [3.8, 4) is 17.1 Å². The molecule has 0 N–H and O–H groups in total. The molecule has 0 fully saturated rings. The van der Waals surface area contributed by atoms with Crippen molar-refractivity contribution in [3.63, 3.8) is 0 Å². The molecule has 0 amide bonds. The first kappa shape index (κ1) is 15.7. The molecule has 3 rings (SSSR count). The van der Waals surface area contributed by atoms with E-state index < -0.39 is 6.61 Å². The van der Waals surface area contributed by atoms with Gasteiger partial charge in [-0.3, -0.25) is 0 Å². The number of para-hydroxylation sites is 1. The van der Waals surface area contributed by atoms with E-state index in [2.05, 4.69) is 20.0 Å². The fourth-order valence-electron chi connectivity index (χ4n) is 1.80. The first-order valence-corrected chi connectivity index (χ1v) is 6.76. The quantitative estimate of drug-likeness (QED) is 0.485. The van der Waals surface area contributed by atoms with Gasteiger partial charge in [-0.1, -0.05) is 22.4 Å². The van der Waals surface area contributed by atoms with Gasteiger partial charge in [-0.25, -0.2) is 0 Å². The smallest absolute Gasteiger partial charge is 0.387 e. The summed E-state index contributed by atoms with van der Waals surface area (Å²) >= 11 is 0. The number of hydrogen-bond acceptors (Lipinski definition) is 7. The zero-order valence-electron chi connectivity index (χ0n) is 12.1. The highest BCUT2D eigenvalue weighted by Crippen LogP contribution is 2.19. The first-order valence-electron chi connectivity index (χ1n) is 6.76. The average Bonchev–Trinajstić information content (AvgIpc) is 3.23. The van der Waals surface area contributed by atoms with Crippen molar-refractivity contribution in [3.05, 3.63) is 54.3 Å². The molecule has 0 saturated carbocycles. The molecule has 24 heavy (non-hydrogen) atoms. The fourth-order valence-corrected chi connectivity index (χ4v) is 1.80. The molecule has 0 aliphatic carbocycles. The Labute approximate surface area is 134 Å². The third-order valence-corrected chi connectivity index (χ3v) is 2.84. The Bertz CT molecular complexity index is 803. The lowest BCUT2D eigenvalue weighted by atomic mass is 10.2. The lowest BCUT2D eigenvalue weighted by molar-refractivity contribution is -0.0499. The summed E-state index contributed by atoms with van der Waals surface area (Å²) in [7, 11) is 0. The van der Waals surface area contributed by atoms with Crippen molar-refractivity contribution in [1.82, 2.24) is 10.1 Å². The molecule has 3 aromatic rings. The molecule has 0 aliphatic rings. The molecule has 2 heterocycles. The van der Waals surface area contributed by atoms with Crippen LogP contribution in [-0.4, -0.2) is 23.0 Å². The maximum atomic E-state index is 12.3. The third kappa shape index (κ3) is 3.94. The van der Waals surface area contributed by atoms with Gasteiger partial charge in [-0.05, 0) is 18.2 Å². The number of furan rings is 1. The number of oxime groups is 1. The van der Waals surface area contributed by atoms with Crippen molar-refractivity contribution >= 4 is 6.21 Å². The molecule has 0 radical (unpaired) electrons. The van der Waals surface area contributed by atoms with Crippen molar-refractivity contribution in [2.45, 2.75) is 13.2 Å². The highest BCUT2D eigenvalue weighted by Gasteiger charge is 2.10. The van der Waals surface area contributed by atoms with Crippen LogP contribution in [0.15, 0.2) is 57.0 Å².